The zero-order chi connectivity index (χ0) is 16.5. The quantitative estimate of drug-likeness (QED) is 0.801. The highest BCUT2D eigenvalue weighted by atomic mass is 16.3. The summed E-state index contributed by atoms with van der Waals surface area (Å²) in [4.78, 5) is 22.2. The number of furan rings is 1. The number of aromatic nitrogens is 2. The maximum absolute atomic E-state index is 12.3. The van der Waals surface area contributed by atoms with Crippen LogP contribution in [0, 0.1) is 5.92 Å². The molecule has 1 aromatic carbocycles. The zero-order valence-corrected chi connectivity index (χ0v) is 13.7. The number of hydrogen-bond acceptors (Lipinski definition) is 4. The predicted molar refractivity (Wildman–Crippen MR) is 92.6 cm³/mol. The van der Waals surface area contributed by atoms with Gasteiger partial charge in [0, 0.05) is 0 Å². The number of rotatable bonds is 3. The zero-order valence-electron chi connectivity index (χ0n) is 13.7. The number of nitrogens with one attached hydrogen (secondary N) is 1. The second-order valence-corrected chi connectivity index (χ2v) is 6.66. The number of piperidine rings is 1. The van der Waals surface area contributed by atoms with Crippen molar-refractivity contribution in [3.05, 3.63) is 64.6 Å². The fraction of sp³-hybridized carbons (Fsp3) is 0.368. The van der Waals surface area contributed by atoms with Crippen LogP contribution < -0.4 is 5.56 Å². The molecule has 124 valence electrons. The molecule has 2 atom stereocenters. The Balaban J connectivity index is 1.64. The predicted octanol–water partition coefficient (Wildman–Crippen LogP) is 3.49. The van der Waals surface area contributed by atoms with Crippen molar-refractivity contribution in [2.75, 3.05) is 6.54 Å². The lowest BCUT2D eigenvalue weighted by Gasteiger charge is -2.37. The van der Waals surface area contributed by atoms with Crippen LogP contribution in [-0.4, -0.2) is 21.4 Å². The van der Waals surface area contributed by atoms with Gasteiger partial charge in [0.15, 0.2) is 0 Å². The van der Waals surface area contributed by atoms with Crippen molar-refractivity contribution in [3.8, 4) is 0 Å². The van der Waals surface area contributed by atoms with Crippen molar-refractivity contribution in [1.29, 1.82) is 0 Å². The molecule has 0 aliphatic carbocycles. The Morgan fingerprint density at radius 1 is 1.29 bits per heavy atom. The minimum atomic E-state index is -0.0736. The van der Waals surface area contributed by atoms with Gasteiger partial charge in [-0.25, -0.2) is 4.98 Å². The third kappa shape index (κ3) is 2.87. The van der Waals surface area contributed by atoms with E-state index in [2.05, 4.69) is 21.8 Å². The van der Waals surface area contributed by atoms with Crippen LogP contribution in [0.3, 0.4) is 0 Å². The summed E-state index contributed by atoms with van der Waals surface area (Å²) in [6.45, 7) is 3.88. The standard InChI is InChI=1S/C19H21N3O2/c1-13-8-9-22(16(11-13)17-7-4-10-24-17)12-18-20-15-6-3-2-5-14(15)19(23)21-18/h2-7,10,13,16H,8-9,11-12H2,1H3,(H,20,21,23)/t13-,16-/m0/s1. The minimum Gasteiger partial charge on any atom is -0.468 e. The molecule has 4 rings (SSSR count). The maximum Gasteiger partial charge on any atom is 0.258 e. The Morgan fingerprint density at radius 2 is 2.17 bits per heavy atom. The van der Waals surface area contributed by atoms with E-state index < -0.39 is 0 Å². The highest BCUT2D eigenvalue weighted by molar-refractivity contribution is 5.77. The van der Waals surface area contributed by atoms with E-state index in [-0.39, 0.29) is 11.6 Å². The summed E-state index contributed by atoms with van der Waals surface area (Å²) in [5, 5.41) is 0.635. The molecule has 0 spiro atoms. The van der Waals surface area contributed by atoms with Gasteiger partial charge >= 0.3 is 0 Å². The van der Waals surface area contributed by atoms with Crippen molar-refractivity contribution in [3.63, 3.8) is 0 Å². The third-order valence-corrected chi connectivity index (χ3v) is 4.86. The van der Waals surface area contributed by atoms with E-state index >= 15 is 0 Å². The van der Waals surface area contributed by atoms with Gasteiger partial charge in [0.1, 0.15) is 11.6 Å². The molecular weight excluding hydrogens is 302 g/mol. The van der Waals surface area contributed by atoms with Crippen LogP contribution >= 0.6 is 0 Å². The van der Waals surface area contributed by atoms with E-state index in [1.54, 1.807) is 12.3 Å². The van der Waals surface area contributed by atoms with Gasteiger partial charge < -0.3 is 9.40 Å². The van der Waals surface area contributed by atoms with Gasteiger partial charge in [0.2, 0.25) is 0 Å². The van der Waals surface area contributed by atoms with Gasteiger partial charge in [-0.2, -0.15) is 0 Å². The van der Waals surface area contributed by atoms with Crippen LogP contribution in [0.15, 0.2) is 51.9 Å². The number of para-hydroxylation sites is 1. The third-order valence-electron chi connectivity index (χ3n) is 4.86. The fourth-order valence-electron chi connectivity index (χ4n) is 3.56. The Kier molecular flexibility index (Phi) is 3.94. The lowest BCUT2D eigenvalue weighted by Crippen LogP contribution is -2.36. The van der Waals surface area contributed by atoms with Gasteiger partial charge in [0.25, 0.3) is 5.56 Å². The monoisotopic (exact) mass is 323 g/mol. The van der Waals surface area contributed by atoms with Gasteiger partial charge in [-0.15, -0.1) is 0 Å². The molecule has 1 fully saturated rings. The fourth-order valence-corrected chi connectivity index (χ4v) is 3.56. The number of nitrogens with zero attached hydrogens (tertiary/aromatic N) is 2. The number of hydrogen-bond donors (Lipinski definition) is 1. The van der Waals surface area contributed by atoms with E-state index in [0.717, 1.165) is 30.7 Å². The summed E-state index contributed by atoms with van der Waals surface area (Å²) in [5.74, 6) is 2.37. The number of benzene rings is 1. The number of fused-ring (bicyclic) bond motifs is 1. The Bertz CT molecular complexity index is 885. The first-order valence-corrected chi connectivity index (χ1v) is 8.46. The molecule has 3 heterocycles. The number of aromatic amines is 1. The lowest BCUT2D eigenvalue weighted by molar-refractivity contribution is 0.0918. The average Bonchev–Trinajstić information content (AvgIpc) is 3.11. The van der Waals surface area contributed by atoms with E-state index in [1.165, 1.54) is 0 Å². The molecule has 24 heavy (non-hydrogen) atoms. The summed E-state index contributed by atoms with van der Waals surface area (Å²) in [6, 6.07) is 11.7. The molecule has 1 saturated heterocycles. The van der Waals surface area contributed by atoms with Crippen molar-refractivity contribution in [2.24, 2.45) is 5.92 Å². The molecule has 1 aliphatic heterocycles. The van der Waals surface area contributed by atoms with Crippen LogP contribution in [-0.2, 0) is 6.54 Å². The topological polar surface area (TPSA) is 62.1 Å². The van der Waals surface area contributed by atoms with E-state index in [4.69, 9.17) is 4.42 Å². The normalized spacial score (nSPS) is 22.0. The summed E-state index contributed by atoms with van der Waals surface area (Å²) in [5.41, 5.74) is 0.673. The second kappa shape index (κ2) is 6.24. The average molecular weight is 323 g/mol. The molecule has 0 unspecified atom stereocenters. The van der Waals surface area contributed by atoms with Crippen molar-refractivity contribution in [2.45, 2.75) is 32.4 Å². The molecule has 0 saturated carbocycles. The molecule has 1 aliphatic rings. The van der Waals surface area contributed by atoms with Crippen LogP contribution in [0.2, 0.25) is 0 Å². The number of likely N-dealkylation sites (tertiary alicyclic amines) is 1. The molecule has 0 bridgehead atoms. The SMILES string of the molecule is C[C@H]1CCN(Cc2nc3ccccc3c(=O)[nH]2)[C@H](c2ccco2)C1. The lowest BCUT2D eigenvalue weighted by atomic mass is 9.91. The van der Waals surface area contributed by atoms with Gasteiger partial charge in [-0.3, -0.25) is 9.69 Å². The summed E-state index contributed by atoms with van der Waals surface area (Å²) in [6.07, 6.45) is 3.93. The molecule has 2 aromatic heterocycles. The van der Waals surface area contributed by atoms with Crippen LogP contribution in [0.1, 0.15) is 37.4 Å². The van der Waals surface area contributed by atoms with E-state index in [0.29, 0.717) is 23.7 Å². The van der Waals surface area contributed by atoms with Crippen molar-refractivity contribution >= 4 is 10.9 Å². The van der Waals surface area contributed by atoms with Crippen molar-refractivity contribution < 1.29 is 4.42 Å². The molecular formula is C19H21N3O2. The first-order valence-electron chi connectivity index (χ1n) is 8.46. The van der Waals surface area contributed by atoms with E-state index in [9.17, 15) is 4.79 Å². The van der Waals surface area contributed by atoms with Crippen molar-refractivity contribution in [1.82, 2.24) is 14.9 Å². The van der Waals surface area contributed by atoms with Crippen LogP contribution in [0.5, 0.6) is 0 Å². The van der Waals surface area contributed by atoms with Crippen LogP contribution in [0.4, 0.5) is 0 Å². The Hall–Kier alpha value is -2.40. The highest BCUT2D eigenvalue weighted by Gasteiger charge is 2.30. The van der Waals surface area contributed by atoms with Crippen LogP contribution in [0.25, 0.3) is 10.9 Å². The molecule has 1 N–H and O–H groups in total. The molecule has 0 radical (unpaired) electrons. The van der Waals surface area contributed by atoms with E-state index in [1.807, 2.05) is 30.3 Å². The highest BCUT2D eigenvalue weighted by Crippen LogP contribution is 2.34. The summed E-state index contributed by atoms with van der Waals surface area (Å²) < 4.78 is 5.65. The largest absolute Gasteiger partial charge is 0.468 e. The first-order chi connectivity index (χ1) is 11.7. The molecule has 3 aromatic rings. The Labute approximate surface area is 140 Å². The summed E-state index contributed by atoms with van der Waals surface area (Å²) in [7, 11) is 0. The minimum absolute atomic E-state index is 0.0736. The summed E-state index contributed by atoms with van der Waals surface area (Å²) >= 11 is 0. The second-order valence-electron chi connectivity index (χ2n) is 6.66. The Morgan fingerprint density at radius 3 is 3.00 bits per heavy atom. The first kappa shape index (κ1) is 15.1. The smallest absolute Gasteiger partial charge is 0.258 e. The molecule has 5 heteroatoms. The molecule has 0 amide bonds. The maximum atomic E-state index is 12.3. The van der Waals surface area contributed by atoms with Gasteiger partial charge in [-0.1, -0.05) is 19.1 Å². The van der Waals surface area contributed by atoms with Gasteiger partial charge in [0.05, 0.1) is 29.8 Å². The number of H-pyrrole nitrogens is 1. The van der Waals surface area contributed by atoms with Gasteiger partial charge in [-0.05, 0) is 49.6 Å². The molecule has 5 nitrogen and oxygen atoms in total.